The van der Waals surface area contributed by atoms with Gasteiger partial charge in [-0.1, -0.05) is 47.5 Å². The highest BCUT2D eigenvalue weighted by molar-refractivity contribution is 6.53. The van der Waals surface area contributed by atoms with Gasteiger partial charge in [-0.05, 0) is 54.6 Å². The Morgan fingerprint density at radius 3 is 2.14 bits per heavy atom. The smallest absolute Gasteiger partial charge is 0.283 e. The topological polar surface area (TPSA) is 58.6 Å². The molecule has 0 radical (unpaired) electrons. The van der Waals surface area contributed by atoms with E-state index in [0.29, 0.717) is 27.9 Å². The molecule has 4 rings (SSSR count). The zero-order valence-corrected chi connectivity index (χ0v) is 16.4. The van der Waals surface area contributed by atoms with E-state index in [1.807, 2.05) is 30.3 Å². The maximum Gasteiger partial charge on any atom is 0.283 e. The Labute approximate surface area is 177 Å². The Kier molecular flexibility index (Phi) is 5.25. The zero-order chi connectivity index (χ0) is 20.4. The van der Waals surface area contributed by atoms with Crippen molar-refractivity contribution in [3.05, 3.63) is 94.6 Å². The van der Waals surface area contributed by atoms with Crippen molar-refractivity contribution in [2.45, 2.75) is 0 Å². The molecule has 0 atom stereocenters. The second-order valence-electron chi connectivity index (χ2n) is 6.18. The number of benzene rings is 3. The summed E-state index contributed by atoms with van der Waals surface area (Å²) in [6.45, 7) is 0. The lowest BCUT2D eigenvalue weighted by atomic mass is 10.2. The summed E-state index contributed by atoms with van der Waals surface area (Å²) in [5.41, 5.74) is 0.949. The number of hydrogen-bond donors (Lipinski definition) is 1. The van der Waals surface area contributed by atoms with E-state index >= 15 is 0 Å². The van der Waals surface area contributed by atoms with Crippen molar-refractivity contribution in [3.63, 3.8) is 0 Å². The Balaban J connectivity index is 1.53. The fraction of sp³-hybridized carbons (Fsp3) is 0. The van der Waals surface area contributed by atoms with Crippen LogP contribution in [0, 0.1) is 0 Å². The quantitative estimate of drug-likeness (QED) is 0.544. The Morgan fingerprint density at radius 2 is 1.45 bits per heavy atom. The van der Waals surface area contributed by atoms with Crippen LogP contribution in [0.2, 0.25) is 5.02 Å². The minimum absolute atomic E-state index is 0.00328. The minimum Gasteiger partial charge on any atom is -0.457 e. The number of para-hydroxylation sites is 1. The van der Waals surface area contributed by atoms with Crippen molar-refractivity contribution in [2.75, 3.05) is 10.2 Å². The van der Waals surface area contributed by atoms with Gasteiger partial charge in [-0.2, -0.15) is 0 Å². The molecule has 29 heavy (non-hydrogen) atoms. The lowest BCUT2D eigenvalue weighted by Gasteiger charge is -2.16. The number of carbonyl (C=O) groups is 2. The van der Waals surface area contributed by atoms with Gasteiger partial charge < -0.3 is 10.1 Å². The van der Waals surface area contributed by atoms with Crippen molar-refractivity contribution in [1.29, 1.82) is 0 Å². The van der Waals surface area contributed by atoms with Crippen LogP contribution in [0.4, 0.5) is 11.4 Å². The number of ether oxygens (including phenoxy) is 1. The minimum atomic E-state index is -0.599. The highest BCUT2D eigenvalue weighted by Gasteiger charge is 2.38. The molecule has 0 aromatic heterocycles. The fourth-order valence-corrected chi connectivity index (χ4v) is 3.25. The summed E-state index contributed by atoms with van der Waals surface area (Å²) in [6.07, 6.45) is 0. The summed E-state index contributed by atoms with van der Waals surface area (Å²) in [5.74, 6) is 0.122. The van der Waals surface area contributed by atoms with Crippen LogP contribution in [0.15, 0.2) is 89.6 Å². The molecule has 7 heteroatoms. The number of nitrogens with one attached hydrogen (secondary N) is 1. The van der Waals surface area contributed by atoms with Gasteiger partial charge in [-0.25, -0.2) is 4.90 Å². The third-order valence-electron chi connectivity index (χ3n) is 4.20. The van der Waals surface area contributed by atoms with Crippen molar-refractivity contribution in [1.82, 2.24) is 0 Å². The summed E-state index contributed by atoms with van der Waals surface area (Å²) < 4.78 is 5.73. The first-order valence-corrected chi connectivity index (χ1v) is 9.42. The van der Waals surface area contributed by atoms with Gasteiger partial charge in [0.15, 0.2) is 0 Å². The highest BCUT2D eigenvalue weighted by atomic mass is 35.5. The molecule has 0 aliphatic carbocycles. The van der Waals surface area contributed by atoms with Crippen molar-refractivity contribution in [2.24, 2.45) is 0 Å². The molecule has 3 aromatic rings. The molecule has 0 saturated heterocycles. The van der Waals surface area contributed by atoms with Gasteiger partial charge in [0, 0.05) is 10.7 Å². The second kappa shape index (κ2) is 7.99. The van der Waals surface area contributed by atoms with E-state index in [4.69, 9.17) is 27.9 Å². The number of halogens is 2. The van der Waals surface area contributed by atoms with Crippen LogP contribution in [0.5, 0.6) is 11.5 Å². The number of amides is 2. The number of hydrogen-bond acceptors (Lipinski definition) is 4. The molecule has 1 N–H and O–H groups in total. The van der Waals surface area contributed by atoms with Crippen LogP contribution >= 0.6 is 23.2 Å². The molecule has 0 fully saturated rings. The summed E-state index contributed by atoms with van der Waals surface area (Å²) >= 11 is 12.1. The molecule has 0 saturated carbocycles. The second-order valence-corrected chi connectivity index (χ2v) is 6.99. The van der Waals surface area contributed by atoms with E-state index in [9.17, 15) is 9.59 Å². The van der Waals surface area contributed by atoms with Gasteiger partial charge >= 0.3 is 0 Å². The average Bonchev–Trinajstić information content (AvgIpc) is 2.93. The molecule has 1 heterocycles. The van der Waals surface area contributed by atoms with Gasteiger partial charge in [0.2, 0.25) is 0 Å². The Bertz CT molecular complexity index is 1110. The maximum atomic E-state index is 12.8. The molecule has 144 valence electrons. The molecule has 0 unspecified atom stereocenters. The van der Waals surface area contributed by atoms with Crippen molar-refractivity contribution in [3.8, 4) is 11.5 Å². The molecule has 5 nitrogen and oxygen atoms in total. The van der Waals surface area contributed by atoms with Crippen LogP contribution in [-0.4, -0.2) is 11.8 Å². The predicted octanol–water partition coefficient (Wildman–Crippen LogP) is 5.57. The maximum absolute atomic E-state index is 12.8. The van der Waals surface area contributed by atoms with Crippen LogP contribution < -0.4 is 15.0 Å². The summed E-state index contributed by atoms with van der Waals surface area (Å²) in [7, 11) is 0. The number of rotatable bonds is 5. The van der Waals surface area contributed by atoms with Gasteiger partial charge in [0.05, 0.1) is 5.69 Å². The molecule has 3 aromatic carbocycles. The first kappa shape index (κ1) is 19.1. The normalized spacial score (nSPS) is 13.8. The number of imide groups is 1. The Morgan fingerprint density at radius 1 is 0.759 bits per heavy atom. The van der Waals surface area contributed by atoms with E-state index < -0.39 is 11.8 Å². The van der Waals surface area contributed by atoms with Gasteiger partial charge in [-0.3, -0.25) is 9.59 Å². The molecule has 0 bridgehead atoms. The van der Waals surface area contributed by atoms with Crippen molar-refractivity contribution >= 4 is 46.4 Å². The highest BCUT2D eigenvalue weighted by Crippen LogP contribution is 2.32. The third kappa shape index (κ3) is 3.97. The molecule has 1 aliphatic heterocycles. The largest absolute Gasteiger partial charge is 0.457 e. The van der Waals surface area contributed by atoms with Gasteiger partial charge in [-0.15, -0.1) is 0 Å². The van der Waals surface area contributed by atoms with E-state index in [-0.39, 0.29) is 10.7 Å². The average molecular weight is 425 g/mol. The van der Waals surface area contributed by atoms with Gasteiger partial charge in [0.25, 0.3) is 11.8 Å². The van der Waals surface area contributed by atoms with E-state index in [1.165, 1.54) is 0 Å². The molecule has 0 spiro atoms. The molecular weight excluding hydrogens is 411 g/mol. The lowest BCUT2D eigenvalue weighted by Crippen LogP contribution is -2.32. The number of carbonyl (C=O) groups excluding carboxylic acids is 2. The SMILES string of the molecule is O=C1C(Cl)=C(Nc2cccc(Cl)c2)C(=O)N1c1ccc(Oc2ccccc2)cc1. The number of anilines is 2. The van der Waals surface area contributed by atoms with E-state index in [0.717, 1.165) is 4.90 Å². The number of nitrogens with zero attached hydrogens (tertiary/aromatic N) is 1. The van der Waals surface area contributed by atoms with Crippen molar-refractivity contribution < 1.29 is 14.3 Å². The summed E-state index contributed by atoms with van der Waals surface area (Å²) in [4.78, 5) is 26.4. The summed E-state index contributed by atoms with van der Waals surface area (Å²) in [6, 6.07) is 22.7. The third-order valence-corrected chi connectivity index (χ3v) is 4.78. The first-order chi connectivity index (χ1) is 14.0. The Hall–Kier alpha value is -3.28. The molecule has 1 aliphatic rings. The van der Waals surface area contributed by atoms with Crippen LogP contribution in [0.25, 0.3) is 0 Å². The fourth-order valence-electron chi connectivity index (χ4n) is 2.84. The van der Waals surface area contributed by atoms with Crippen LogP contribution in [-0.2, 0) is 9.59 Å². The van der Waals surface area contributed by atoms with Crippen LogP contribution in [0.3, 0.4) is 0 Å². The summed E-state index contributed by atoms with van der Waals surface area (Å²) in [5, 5.41) is 3.20. The standard InChI is InChI=1S/C22H14Cl2N2O3/c23-14-5-4-6-15(13-14)25-20-19(24)21(27)26(22(20)28)16-9-11-18(12-10-16)29-17-7-2-1-3-8-17/h1-13,25H. The first-order valence-electron chi connectivity index (χ1n) is 8.67. The molecule has 2 amide bonds. The van der Waals surface area contributed by atoms with Gasteiger partial charge in [0.1, 0.15) is 22.2 Å². The molecular formula is C22H14Cl2N2O3. The predicted molar refractivity (Wildman–Crippen MR) is 113 cm³/mol. The zero-order valence-electron chi connectivity index (χ0n) is 14.9. The lowest BCUT2D eigenvalue weighted by molar-refractivity contribution is -0.120. The van der Waals surface area contributed by atoms with Crippen LogP contribution in [0.1, 0.15) is 0 Å². The van der Waals surface area contributed by atoms with E-state index in [2.05, 4.69) is 5.32 Å². The van der Waals surface area contributed by atoms with E-state index in [1.54, 1.807) is 48.5 Å². The monoisotopic (exact) mass is 424 g/mol.